The summed E-state index contributed by atoms with van der Waals surface area (Å²) in [5.74, 6) is 1.37. The quantitative estimate of drug-likeness (QED) is 0.585. The van der Waals surface area contributed by atoms with Crippen molar-refractivity contribution < 1.29 is 18.7 Å². The monoisotopic (exact) mass is 442 g/mol. The summed E-state index contributed by atoms with van der Waals surface area (Å²) in [6, 6.07) is 8.86. The predicted octanol–water partition coefficient (Wildman–Crippen LogP) is 5.59. The minimum absolute atomic E-state index is 0.00295. The maximum atomic E-state index is 15.3. The number of aromatic nitrogens is 1. The molecule has 0 bridgehead atoms. The third-order valence-corrected chi connectivity index (χ3v) is 5.66. The van der Waals surface area contributed by atoms with Crippen molar-refractivity contribution >= 4 is 5.91 Å². The molecule has 174 valence electrons. The molecule has 0 radical (unpaired) electrons. The molecular formula is C26H35FN2O3. The van der Waals surface area contributed by atoms with Crippen LogP contribution in [0.25, 0.3) is 0 Å². The minimum Gasteiger partial charge on any atom is -0.495 e. The molecule has 1 aliphatic heterocycles. The predicted molar refractivity (Wildman–Crippen MR) is 124 cm³/mol. The number of carbonyl (C=O) groups is 1. The number of fused-ring (bicyclic) bond motifs is 1. The van der Waals surface area contributed by atoms with E-state index >= 15 is 4.39 Å². The Morgan fingerprint density at radius 1 is 1.19 bits per heavy atom. The summed E-state index contributed by atoms with van der Waals surface area (Å²) in [6.07, 6.45) is 1.06. The first-order valence-corrected chi connectivity index (χ1v) is 11.1. The van der Waals surface area contributed by atoms with Crippen LogP contribution in [0.15, 0.2) is 30.3 Å². The average Bonchev–Trinajstić information content (AvgIpc) is 2.69. The van der Waals surface area contributed by atoms with Gasteiger partial charge in [-0.15, -0.1) is 0 Å². The van der Waals surface area contributed by atoms with Gasteiger partial charge in [0.25, 0.3) is 0 Å². The Kier molecular flexibility index (Phi) is 6.82. The number of hydrogen-bond acceptors (Lipinski definition) is 4. The molecule has 1 atom stereocenters. The Bertz CT molecular complexity index is 976. The molecule has 0 saturated carbocycles. The highest BCUT2D eigenvalue weighted by Gasteiger charge is 2.42. The van der Waals surface area contributed by atoms with Gasteiger partial charge in [0.15, 0.2) is 0 Å². The molecular weight excluding hydrogens is 407 g/mol. The van der Waals surface area contributed by atoms with Gasteiger partial charge >= 0.3 is 0 Å². The van der Waals surface area contributed by atoms with Gasteiger partial charge in [-0.3, -0.25) is 9.78 Å². The van der Waals surface area contributed by atoms with Crippen molar-refractivity contribution in [2.45, 2.75) is 72.7 Å². The summed E-state index contributed by atoms with van der Waals surface area (Å²) in [6.45, 7) is 11.9. The second-order valence-corrected chi connectivity index (χ2v) is 10.3. The van der Waals surface area contributed by atoms with Crippen LogP contribution in [0.3, 0.4) is 0 Å². The van der Waals surface area contributed by atoms with E-state index in [1.54, 1.807) is 25.9 Å². The second kappa shape index (κ2) is 9.08. The number of carbonyl (C=O) groups excluding carboxylic acids is 1. The summed E-state index contributed by atoms with van der Waals surface area (Å²) in [7, 11) is 1.61. The highest BCUT2D eigenvalue weighted by atomic mass is 19.1. The van der Waals surface area contributed by atoms with E-state index < -0.39 is 11.7 Å². The number of alkyl halides is 1. The number of aryl methyl sites for hydroxylation is 1. The molecule has 5 nitrogen and oxygen atoms in total. The standard InChI is InChI=1S/C26H35FN2O3/c1-17-8-11-22(31-7)21(28-17)16-32-19-9-10-20-18(14-19)12-13-29(24(20)26(5,6)27)23(30)15-25(2,3)4/h8-11,14,24H,12-13,15-16H2,1-7H3. The van der Waals surface area contributed by atoms with Gasteiger partial charge in [0, 0.05) is 18.7 Å². The maximum absolute atomic E-state index is 15.3. The number of methoxy groups -OCH3 is 1. The third-order valence-electron chi connectivity index (χ3n) is 5.66. The minimum atomic E-state index is -1.57. The zero-order valence-electron chi connectivity index (χ0n) is 20.3. The van der Waals surface area contributed by atoms with E-state index in [2.05, 4.69) is 4.98 Å². The van der Waals surface area contributed by atoms with Gasteiger partial charge < -0.3 is 14.4 Å². The lowest BCUT2D eigenvalue weighted by Gasteiger charge is -2.43. The molecule has 0 fully saturated rings. The fraction of sp³-hybridized carbons (Fsp3) is 0.538. The van der Waals surface area contributed by atoms with Crippen molar-refractivity contribution in [1.82, 2.24) is 9.88 Å². The fourth-order valence-corrected chi connectivity index (χ4v) is 4.30. The number of benzene rings is 1. The molecule has 2 heterocycles. The van der Waals surface area contributed by atoms with Gasteiger partial charge in [0.2, 0.25) is 5.91 Å². The van der Waals surface area contributed by atoms with E-state index in [-0.39, 0.29) is 17.9 Å². The van der Waals surface area contributed by atoms with Crippen molar-refractivity contribution in [3.8, 4) is 11.5 Å². The Hall–Kier alpha value is -2.63. The van der Waals surface area contributed by atoms with Crippen molar-refractivity contribution in [2.24, 2.45) is 5.41 Å². The first-order valence-electron chi connectivity index (χ1n) is 11.1. The Morgan fingerprint density at radius 2 is 1.91 bits per heavy atom. The van der Waals surface area contributed by atoms with Crippen LogP contribution < -0.4 is 9.47 Å². The van der Waals surface area contributed by atoms with Gasteiger partial charge in [0.1, 0.15) is 29.5 Å². The third kappa shape index (κ3) is 5.59. The van der Waals surface area contributed by atoms with Crippen molar-refractivity contribution in [1.29, 1.82) is 0 Å². The average molecular weight is 443 g/mol. The number of nitrogens with zero attached hydrogens (tertiary/aromatic N) is 2. The summed E-state index contributed by atoms with van der Waals surface area (Å²) in [4.78, 5) is 19.2. The molecule has 1 aromatic heterocycles. The fourth-order valence-electron chi connectivity index (χ4n) is 4.30. The molecule has 0 N–H and O–H groups in total. The zero-order valence-corrected chi connectivity index (χ0v) is 20.3. The van der Waals surface area contributed by atoms with Gasteiger partial charge in [-0.25, -0.2) is 4.39 Å². The summed E-state index contributed by atoms with van der Waals surface area (Å²) in [5, 5.41) is 0. The summed E-state index contributed by atoms with van der Waals surface area (Å²) < 4.78 is 26.7. The number of hydrogen-bond donors (Lipinski definition) is 0. The molecule has 6 heteroatoms. The summed E-state index contributed by atoms with van der Waals surface area (Å²) >= 11 is 0. The van der Waals surface area contributed by atoms with Crippen LogP contribution in [-0.4, -0.2) is 35.1 Å². The lowest BCUT2D eigenvalue weighted by Crippen LogP contribution is -2.48. The van der Waals surface area contributed by atoms with Gasteiger partial charge in [0.05, 0.1) is 13.2 Å². The second-order valence-electron chi connectivity index (χ2n) is 10.3. The summed E-state index contributed by atoms with van der Waals surface area (Å²) in [5.41, 5.74) is 1.77. The largest absolute Gasteiger partial charge is 0.495 e. The highest BCUT2D eigenvalue weighted by Crippen LogP contribution is 2.41. The molecule has 1 aromatic carbocycles. The molecule has 1 unspecified atom stereocenters. The van der Waals surface area contributed by atoms with Gasteiger partial charge in [-0.05, 0) is 68.0 Å². The first kappa shape index (κ1) is 24.0. The van der Waals surface area contributed by atoms with Crippen LogP contribution in [0.5, 0.6) is 11.5 Å². The lowest BCUT2D eigenvalue weighted by atomic mass is 9.83. The van der Waals surface area contributed by atoms with Gasteiger partial charge in [-0.2, -0.15) is 0 Å². The van der Waals surface area contributed by atoms with E-state index in [9.17, 15) is 4.79 Å². The molecule has 0 saturated heterocycles. The SMILES string of the molecule is COc1ccc(C)nc1COc1ccc2c(c1)CCN(C(=O)CC(C)(C)C)C2C(C)(C)F. The van der Waals surface area contributed by atoms with Gasteiger partial charge in [-0.1, -0.05) is 26.8 Å². The first-order chi connectivity index (χ1) is 14.9. The van der Waals surface area contributed by atoms with Crippen molar-refractivity contribution in [3.05, 3.63) is 52.8 Å². The Labute approximate surface area is 190 Å². The van der Waals surface area contributed by atoms with Crippen molar-refractivity contribution in [3.63, 3.8) is 0 Å². The number of amides is 1. The molecule has 0 aliphatic carbocycles. The van der Waals surface area contributed by atoms with E-state index in [4.69, 9.17) is 9.47 Å². The highest BCUT2D eigenvalue weighted by molar-refractivity contribution is 5.78. The van der Waals surface area contributed by atoms with E-state index in [1.165, 1.54) is 0 Å². The Morgan fingerprint density at radius 3 is 2.53 bits per heavy atom. The van der Waals surface area contributed by atoms with Crippen LogP contribution in [-0.2, 0) is 17.8 Å². The Balaban J connectivity index is 1.84. The maximum Gasteiger partial charge on any atom is 0.223 e. The van der Waals surface area contributed by atoms with Crippen LogP contribution in [0, 0.1) is 12.3 Å². The van der Waals surface area contributed by atoms with Crippen LogP contribution in [0.2, 0.25) is 0 Å². The molecule has 3 rings (SSSR count). The topological polar surface area (TPSA) is 51.7 Å². The molecule has 1 aliphatic rings. The number of rotatable bonds is 6. The van der Waals surface area contributed by atoms with E-state index in [0.29, 0.717) is 30.9 Å². The zero-order chi connectivity index (χ0) is 23.7. The molecule has 2 aromatic rings. The van der Waals surface area contributed by atoms with E-state index in [0.717, 1.165) is 22.5 Å². The number of halogens is 1. The normalized spacial score (nSPS) is 16.5. The molecule has 32 heavy (non-hydrogen) atoms. The number of pyridine rings is 1. The van der Waals surface area contributed by atoms with Crippen LogP contribution >= 0.6 is 0 Å². The molecule has 0 spiro atoms. The van der Waals surface area contributed by atoms with Crippen LogP contribution in [0.1, 0.15) is 69.6 Å². The smallest absolute Gasteiger partial charge is 0.223 e. The van der Waals surface area contributed by atoms with Crippen LogP contribution in [0.4, 0.5) is 4.39 Å². The number of ether oxygens (including phenoxy) is 2. The van der Waals surface area contributed by atoms with E-state index in [1.807, 2.05) is 58.0 Å². The van der Waals surface area contributed by atoms with Crippen molar-refractivity contribution in [2.75, 3.05) is 13.7 Å². The molecule has 1 amide bonds. The lowest BCUT2D eigenvalue weighted by molar-refractivity contribution is -0.139.